The number of hydrogen-bond acceptors (Lipinski definition) is 6. The van der Waals surface area contributed by atoms with E-state index in [0.29, 0.717) is 42.0 Å². The molecular weight excluding hydrogens is 533 g/mol. The molecule has 0 spiro atoms. The second-order valence-corrected chi connectivity index (χ2v) is 10.9. The molecule has 3 N–H and O–H groups in total. The smallest absolute Gasteiger partial charge is 0.376 e. The van der Waals surface area contributed by atoms with Crippen LogP contribution in [0.1, 0.15) is 62.5 Å². The van der Waals surface area contributed by atoms with Gasteiger partial charge in [0.2, 0.25) is 11.9 Å². The molecule has 11 heteroatoms. The van der Waals surface area contributed by atoms with Crippen molar-refractivity contribution < 1.29 is 22.7 Å². The van der Waals surface area contributed by atoms with E-state index in [1.54, 1.807) is 0 Å². The fraction of sp³-hybridized carbons (Fsp3) is 0.500. The average Bonchev–Trinajstić information content (AvgIpc) is 3.70. The van der Waals surface area contributed by atoms with Crippen molar-refractivity contribution in [3.05, 3.63) is 66.0 Å². The van der Waals surface area contributed by atoms with E-state index < -0.39 is 17.8 Å². The van der Waals surface area contributed by atoms with Crippen LogP contribution < -0.4 is 16.0 Å². The topological polar surface area (TPSA) is 93.1 Å². The van der Waals surface area contributed by atoms with E-state index in [1.165, 1.54) is 18.6 Å². The molecule has 5 rings (SSSR count). The molecule has 2 aliphatic rings. The number of benzene rings is 1. The molecule has 2 unspecified atom stereocenters. The van der Waals surface area contributed by atoms with E-state index >= 15 is 0 Å². The molecular formula is C30H37F3N6O2. The number of nitrogens with zero attached hydrogens (tertiary/aromatic N) is 3. The maximum atomic E-state index is 13.5. The lowest BCUT2D eigenvalue weighted by Crippen LogP contribution is -2.41. The average molecular weight is 571 g/mol. The minimum absolute atomic E-state index is 0.111. The van der Waals surface area contributed by atoms with Crippen LogP contribution in [0.5, 0.6) is 0 Å². The summed E-state index contributed by atoms with van der Waals surface area (Å²) < 4.78 is 46.4. The summed E-state index contributed by atoms with van der Waals surface area (Å²) in [6.07, 6.45) is 7.80. The highest BCUT2D eigenvalue weighted by molar-refractivity contribution is 5.84. The second-order valence-electron chi connectivity index (χ2n) is 10.9. The van der Waals surface area contributed by atoms with Crippen LogP contribution in [0.4, 0.5) is 24.9 Å². The second kappa shape index (κ2) is 13.4. The Labute approximate surface area is 238 Å². The van der Waals surface area contributed by atoms with Gasteiger partial charge < -0.3 is 25.3 Å². The number of alkyl halides is 3. The van der Waals surface area contributed by atoms with Gasteiger partial charge in [0.15, 0.2) is 0 Å². The monoisotopic (exact) mass is 570 g/mol. The maximum absolute atomic E-state index is 13.5. The molecule has 0 bridgehead atoms. The van der Waals surface area contributed by atoms with Crippen LogP contribution in [-0.2, 0) is 22.3 Å². The molecule has 1 aliphatic heterocycles. The fourth-order valence-electron chi connectivity index (χ4n) is 5.51. The summed E-state index contributed by atoms with van der Waals surface area (Å²) in [5.74, 6) is 1.80. The summed E-state index contributed by atoms with van der Waals surface area (Å²) in [5.41, 5.74) is -0.115. The summed E-state index contributed by atoms with van der Waals surface area (Å²) in [7, 11) is 0. The van der Waals surface area contributed by atoms with Gasteiger partial charge in [-0.1, -0.05) is 44.2 Å². The predicted molar refractivity (Wildman–Crippen MR) is 151 cm³/mol. The number of anilines is 2. The highest BCUT2D eigenvalue weighted by Gasteiger charge is 2.30. The van der Waals surface area contributed by atoms with Crippen LogP contribution in [0.15, 0.2) is 54.9 Å². The predicted octanol–water partition coefficient (Wildman–Crippen LogP) is 5.94. The summed E-state index contributed by atoms with van der Waals surface area (Å²) >= 11 is 0. The largest absolute Gasteiger partial charge is 0.416 e. The number of amides is 1. The highest BCUT2D eigenvalue weighted by Crippen LogP contribution is 2.30. The number of carbonyl (C=O) groups is 1. The first-order valence-corrected chi connectivity index (χ1v) is 14.4. The van der Waals surface area contributed by atoms with Crippen molar-refractivity contribution in [2.75, 3.05) is 23.8 Å². The van der Waals surface area contributed by atoms with Crippen LogP contribution in [-0.4, -0.2) is 45.7 Å². The van der Waals surface area contributed by atoms with Crippen molar-refractivity contribution in [1.29, 1.82) is 0 Å². The van der Waals surface area contributed by atoms with Gasteiger partial charge in [-0.3, -0.25) is 4.79 Å². The van der Waals surface area contributed by atoms with Crippen molar-refractivity contribution in [3.8, 4) is 5.82 Å². The zero-order valence-electron chi connectivity index (χ0n) is 23.0. The van der Waals surface area contributed by atoms with E-state index in [9.17, 15) is 18.0 Å². The lowest BCUT2D eigenvalue weighted by Gasteiger charge is -2.27. The molecule has 2 aromatic heterocycles. The lowest BCUT2D eigenvalue weighted by molar-refractivity contribution is -0.137. The number of hydrogen-bond donors (Lipinski definition) is 3. The van der Waals surface area contributed by atoms with Gasteiger partial charge >= 0.3 is 6.18 Å². The van der Waals surface area contributed by atoms with Gasteiger partial charge in [-0.2, -0.15) is 23.1 Å². The number of aromatic nitrogens is 3. The van der Waals surface area contributed by atoms with Crippen LogP contribution in [0.25, 0.3) is 5.82 Å². The maximum Gasteiger partial charge on any atom is 0.416 e. The Morgan fingerprint density at radius 1 is 1.02 bits per heavy atom. The van der Waals surface area contributed by atoms with E-state index in [4.69, 9.17) is 4.74 Å². The van der Waals surface area contributed by atoms with Crippen LogP contribution in [0.2, 0.25) is 0 Å². The lowest BCUT2D eigenvalue weighted by atomic mass is 9.84. The minimum atomic E-state index is -4.40. The van der Waals surface area contributed by atoms with E-state index in [2.05, 4.69) is 25.9 Å². The molecule has 3 heterocycles. The molecule has 3 aromatic rings. The third-order valence-electron chi connectivity index (χ3n) is 7.77. The van der Waals surface area contributed by atoms with Gasteiger partial charge in [0.05, 0.1) is 11.7 Å². The van der Waals surface area contributed by atoms with Gasteiger partial charge in [-0.15, -0.1) is 0 Å². The Balaban J connectivity index is 1.32. The molecule has 1 saturated heterocycles. The Hall–Kier alpha value is -3.60. The summed E-state index contributed by atoms with van der Waals surface area (Å²) in [5, 5.41) is 9.58. The number of rotatable bonds is 11. The first kappa shape index (κ1) is 28.9. The standard InChI is InChI=1S/C30H37F3N6O2/c31-30(32,33)23-12-10-22(11-13-23)19-34-28(40)25(17-21-7-2-1-3-8-21)36-26-18-27(39-14-4-5-15-39)38-29(37-26)35-20-24-9-6-16-41-24/h4-5,10-15,18,21,24-25H,1-3,6-9,16-17,19-20H2,(H,34,40)(H2,35,36,37,38). The molecule has 1 aromatic carbocycles. The molecule has 1 amide bonds. The number of ether oxygens (including phenoxy) is 1. The van der Waals surface area contributed by atoms with Crippen molar-refractivity contribution in [2.45, 2.75) is 76.2 Å². The van der Waals surface area contributed by atoms with Crippen molar-refractivity contribution in [1.82, 2.24) is 19.9 Å². The molecule has 1 aliphatic carbocycles. The Morgan fingerprint density at radius 3 is 2.46 bits per heavy atom. The minimum Gasteiger partial charge on any atom is -0.376 e. The number of nitrogens with one attached hydrogen (secondary N) is 3. The Bertz CT molecular complexity index is 1250. The van der Waals surface area contributed by atoms with E-state index in [-0.39, 0.29) is 18.6 Å². The van der Waals surface area contributed by atoms with Crippen molar-refractivity contribution >= 4 is 17.7 Å². The van der Waals surface area contributed by atoms with Gasteiger partial charge in [-0.05, 0) is 55.0 Å². The normalized spacial score (nSPS) is 18.7. The summed E-state index contributed by atoms with van der Waals surface area (Å²) in [6.45, 7) is 1.48. The molecule has 8 nitrogen and oxygen atoms in total. The van der Waals surface area contributed by atoms with Crippen LogP contribution >= 0.6 is 0 Å². The van der Waals surface area contributed by atoms with Crippen molar-refractivity contribution in [2.24, 2.45) is 5.92 Å². The van der Waals surface area contributed by atoms with E-state index in [1.807, 2.05) is 35.2 Å². The molecule has 0 radical (unpaired) electrons. The molecule has 1 saturated carbocycles. The van der Waals surface area contributed by atoms with Crippen LogP contribution in [0.3, 0.4) is 0 Å². The zero-order chi connectivity index (χ0) is 28.7. The first-order chi connectivity index (χ1) is 19.8. The third-order valence-corrected chi connectivity index (χ3v) is 7.77. The SMILES string of the molecule is O=C(NCc1ccc(C(F)(F)F)cc1)C(CC1CCCCC1)Nc1cc(-n2cccc2)nc(NCC2CCCO2)n1. The Morgan fingerprint density at radius 2 is 1.78 bits per heavy atom. The Kier molecular flexibility index (Phi) is 9.43. The zero-order valence-corrected chi connectivity index (χ0v) is 23.0. The van der Waals surface area contributed by atoms with Gasteiger partial charge in [-0.25, -0.2) is 0 Å². The summed E-state index contributed by atoms with van der Waals surface area (Å²) in [4.78, 5) is 22.8. The molecule has 2 atom stereocenters. The van der Waals surface area contributed by atoms with E-state index in [0.717, 1.165) is 57.3 Å². The van der Waals surface area contributed by atoms with Crippen molar-refractivity contribution in [3.63, 3.8) is 0 Å². The molecule has 220 valence electrons. The van der Waals surface area contributed by atoms with Crippen LogP contribution in [0, 0.1) is 5.92 Å². The fourth-order valence-corrected chi connectivity index (χ4v) is 5.51. The summed E-state index contributed by atoms with van der Waals surface area (Å²) in [6, 6.07) is 9.94. The highest BCUT2D eigenvalue weighted by atomic mass is 19.4. The molecule has 2 fully saturated rings. The van der Waals surface area contributed by atoms with Gasteiger partial charge in [0, 0.05) is 38.2 Å². The first-order valence-electron chi connectivity index (χ1n) is 14.4. The quantitative estimate of drug-likeness (QED) is 0.264. The number of carbonyl (C=O) groups excluding carboxylic acids is 1. The number of halogens is 3. The third kappa shape index (κ3) is 8.22. The van der Waals surface area contributed by atoms with Gasteiger partial charge in [0.1, 0.15) is 17.7 Å². The van der Waals surface area contributed by atoms with Gasteiger partial charge in [0.25, 0.3) is 0 Å². The molecule has 41 heavy (non-hydrogen) atoms.